The molecule has 2 amide bonds. The summed E-state index contributed by atoms with van der Waals surface area (Å²) in [7, 11) is 0. The lowest BCUT2D eigenvalue weighted by atomic mass is 10.0. The molecule has 5 heteroatoms. The lowest BCUT2D eigenvalue weighted by Crippen LogP contribution is -2.31. The van der Waals surface area contributed by atoms with Gasteiger partial charge >= 0.3 is 6.03 Å². The van der Waals surface area contributed by atoms with Gasteiger partial charge in [0.05, 0.1) is 23.4 Å². The summed E-state index contributed by atoms with van der Waals surface area (Å²) in [6.07, 6.45) is 1.71. The zero-order chi connectivity index (χ0) is 17.2. The monoisotopic (exact) mass is 330 g/mol. The third-order valence-electron chi connectivity index (χ3n) is 4.35. The Balaban J connectivity index is 1.50. The number of anilines is 1. The summed E-state index contributed by atoms with van der Waals surface area (Å²) in [4.78, 5) is 12.4. The molecular weight excluding hydrogens is 312 g/mol. The highest BCUT2D eigenvalue weighted by Crippen LogP contribution is 2.22. The van der Waals surface area contributed by atoms with Gasteiger partial charge in [0.1, 0.15) is 0 Å². The molecule has 0 fully saturated rings. The van der Waals surface area contributed by atoms with Crippen LogP contribution in [0.1, 0.15) is 18.5 Å². The molecule has 1 atom stereocenters. The van der Waals surface area contributed by atoms with E-state index in [4.69, 9.17) is 0 Å². The molecule has 3 aromatic carbocycles. The van der Waals surface area contributed by atoms with Gasteiger partial charge in [-0.25, -0.2) is 4.79 Å². The molecule has 0 saturated carbocycles. The SMILES string of the molecule is C[C@H](NC(=O)Nc1cccc2[nH]ncc12)c1ccc2ccccc2c1. The molecule has 124 valence electrons. The van der Waals surface area contributed by atoms with Gasteiger partial charge in [-0.1, -0.05) is 42.5 Å². The predicted molar refractivity (Wildman–Crippen MR) is 101 cm³/mol. The summed E-state index contributed by atoms with van der Waals surface area (Å²) in [6, 6.07) is 19.7. The molecule has 3 N–H and O–H groups in total. The average Bonchev–Trinajstić information content (AvgIpc) is 3.11. The Morgan fingerprint density at radius 2 is 1.88 bits per heavy atom. The molecule has 1 heterocycles. The molecule has 0 bridgehead atoms. The number of urea groups is 1. The van der Waals surface area contributed by atoms with Crippen LogP contribution in [0.3, 0.4) is 0 Å². The molecule has 5 nitrogen and oxygen atoms in total. The maximum Gasteiger partial charge on any atom is 0.319 e. The fraction of sp³-hybridized carbons (Fsp3) is 0.100. The van der Waals surface area contributed by atoms with E-state index in [1.807, 2.05) is 43.3 Å². The topological polar surface area (TPSA) is 69.8 Å². The first-order valence-electron chi connectivity index (χ1n) is 8.19. The zero-order valence-electron chi connectivity index (χ0n) is 13.8. The minimum Gasteiger partial charge on any atom is -0.331 e. The van der Waals surface area contributed by atoms with E-state index in [2.05, 4.69) is 45.1 Å². The van der Waals surface area contributed by atoms with E-state index >= 15 is 0 Å². The van der Waals surface area contributed by atoms with Crippen molar-refractivity contribution in [3.05, 3.63) is 72.4 Å². The van der Waals surface area contributed by atoms with Gasteiger partial charge in [-0.3, -0.25) is 5.10 Å². The van der Waals surface area contributed by atoms with Crippen molar-refractivity contribution in [2.45, 2.75) is 13.0 Å². The van der Waals surface area contributed by atoms with Gasteiger partial charge in [0.2, 0.25) is 0 Å². The lowest BCUT2D eigenvalue weighted by Gasteiger charge is -2.16. The zero-order valence-corrected chi connectivity index (χ0v) is 13.8. The normalized spacial score (nSPS) is 12.2. The minimum absolute atomic E-state index is 0.104. The van der Waals surface area contributed by atoms with Crippen LogP contribution in [0.5, 0.6) is 0 Å². The van der Waals surface area contributed by atoms with Gasteiger partial charge in [-0.2, -0.15) is 5.10 Å². The standard InChI is InChI=1S/C20H18N4O/c1-13(15-10-9-14-5-2-3-6-16(14)11-15)22-20(25)23-18-7-4-8-19-17(18)12-21-24-19/h2-13H,1H3,(H,21,24)(H2,22,23,25)/t13-/m0/s1. The van der Waals surface area contributed by atoms with Crippen LogP contribution in [-0.4, -0.2) is 16.2 Å². The average molecular weight is 330 g/mol. The molecule has 0 spiro atoms. The number of hydrogen-bond donors (Lipinski definition) is 3. The second-order valence-electron chi connectivity index (χ2n) is 6.06. The van der Waals surface area contributed by atoms with E-state index in [-0.39, 0.29) is 12.1 Å². The van der Waals surface area contributed by atoms with Crippen molar-refractivity contribution in [3.8, 4) is 0 Å². The highest BCUT2D eigenvalue weighted by atomic mass is 16.2. The smallest absolute Gasteiger partial charge is 0.319 e. The van der Waals surface area contributed by atoms with Crippen molar-refractivity contribution in [2.24, 2.45) is 0 Å². The fourth-order valence-electron chi connectivity index (χ4n) is 2.99. The van der Waals surface area contributed by atoms with E-state index in [1.165, 1.54) is 5.39 Å². The first-order chi connectivity index (χ1) is 12.2. The number of H-pyrrole nitrogens is 1. The third-order valence-corrected chi connectivity index (χ3v) is 4.35. The number of carbonyl (C=O) groups excluding carboxylic acids is 1. The van der Waals surface area contributed by atoms with E-state index in [0.29, 0.717) is 0 Å². The van der Waals surface area contributed by atoms with Gasteiger partial charge < -0.3 is 10.6 Å². The van der Waals surface area contributed by atoms with Crippen LogP contribution in [0.15, 0.2) is 66.9 Å². The van der Waals surface area contributed by atoms with Gasteiger partial charge in [0.15, 0.2) is 0 Å². The maximum absolute atomic E-state index is 12.4. The van der Waals surface area contributed by atoms with Crippen molar-refractivity contribution < 1.29 is 4.79 Å². The van der Waals surface area contributed by atoms with E-state index < -0.39 is 0 Å². The highest BCUT2D eigenvalue weighted by molar-refractivity contribution is 6.00. The molecular formula is C20H18N4O. The number of hydrogen-bond acceptors (Lipinski definition) is 2. The number of amides is 2. The Kier molecular flexibility index (Phi) is 3.82. The van der Waals surface area contributed by atoms with Gasteiger partial charge in [0.25, 0.3) is 0 Å². The van der Waals surface area contributed by atoms with E-state index in [9.17, 15) is 4.79 Å². The highest BCUT2D eigenvalue weighted by Gasteiger charge is 2.11. The van der Waals surface area contributed by atoms with Crippen molar-refractivity contribution >= 4 is 33.4 Å². The summed E-state index contributed by atoms with van der Waals surface area (Å²) in [6.45, 7) is 1.97. The van der Waals surface area contributed by atoms with Crippen molar-refractivity contribution in [3.63, 3.8) is 0 Å². The van der Waals surface area contributed by atoms with E-state index in [1.54, 1.807) is 6.20 Å². The summed E-state index contributed by atoms with van der Waals surface area (Å²) < 4.78 is 0. The van der Waals surface area contributed by atoms with Crippen LogP contribution in [0.4, 0.5) is 10.5 Å². The van der Waals surface area contributed by atoms with Crippen molar-refractivity contribution in [1.29, 1.82) is 0 Å². The molecule has 1 aromatic heterocycles. The molecule has 25 heavy (non-hydrogen) atoms. The van der Waals surface area contributed by atoms with E-state index in [0.717, 1.165) is 27.5 Å². The quantitative estimate of drug-likeness (QED) is 0.514. The Bertz CT molecular complexity index is 1050. The minimum atomic E-state index is -0.241. The number of rotatable bonds is 3. The first-order valence-corrected chi connectivity index (χ1v) is 8.19. The molecule has 0 saturated heterocycles. The molecule has 0 radical (unpaired) electrons. The van der Waals surface area contributed by atoms with Gasteiger partial charge in [0, 0.05) is 5.39 Å². The van der Waals surface area contributed by atoms with Crippen LogP contribution in [0.2, 0.25) is 0 Å². The van der Waals surface area contributed by atoms with Crippen LogP contribution < -0.4 is 10.6 Å². The number of nitrogens with one attached hydrogen (secondary N) is 3. The molecule has 0 aliphatic heterocycles. The second-order valence-corrected chi connectivity index (χ2v) is 6.06. The number of fused-ring (bicyclic) bond motifs is 2. The van der Waals surface area contributed by atoms with Gasteiger partial charge in [-0.05, 0) is 41.5 Å². The van der Waals surface area contributed by atoms with Gasteiger partial charge in [-0.15, -0.1) is 0 Å². The molecule has 4 rings (SSSR count). The maximum atomic E-state index is 12.4. The number of aromatic amines is 1. The molecule has 0 unspecified atom stereocenters. The Morgan fingerprint density at radius 1 is 1.04 bits per heavy atom. The van der Waals surface area contributed by atoms with Crippen LogP contribution in [-0.2, 0) is 0 Å². The number of aromatic nitrogens is 2. The third kappa shape index (κ3) is 3.04. The van der Waals surface area contributed by atoms with Crippen molar-refractivity contribution in [2.75, 3.05) is 5.32 Å². The van der Waals surface area contributed by atoms with Crippen LogP contribution in [0, 0.1) is 0 Å². The first kappa shape index (κ1) is 15.2. The van der Waals surface area contributed by atoms with Crippen LogP contribution >= 0.6 is 0 Å². The number of nitrogens with zero attached hydrogens (tertiary/aromatic N) is 1. The van der Waals surface area contributed by atoms with Crippen molar-refractivity contribution in [1.82, 2.24) is 15.5 Å². The Hall–Kier alpha value is -3.34. The summed E-state index contributed by atoms with van der Waals surface area (Å²) in [5, 5.41) is 16.0. The molecule has 4 aromatic rings. The Labute approximate surface area is 145 Å². The fourth-order valence-corrected chi connectivity index (χ4v) is 2.99. The summed E-state index contributed by atoms with van der Waals surface area (Å²) >= 11 is 0. The number of benzene rings is 3. The predicted octanol–water partition coefficient (Wildman–Crippen LogP) is 4.60. The second kappa shape index (κ2) is 6.28. The molecule has 0 aliphatic carbocycles. The number of carbonyl (C=O) groups is 1. The summed E-state index contributed by atoms with van der Waals surface area (Å²) in [5.74, 6) is 0. The molecule has 0 aliphatic rings. The lowest BCUT2D eigenvalue weighted by molar-refractivity contribution is 0.249. The Morgan fingerprint density at radius 3 is 2.76 bits per heavy atom. The largest absolute Gasteiger partial charge is 0.331 e. The summed E-state index contributed by atoms with van der Waals surface area (Å²) in [5.41, 5.74) is 2.69. The van der Waals surface area contributed by atoms with Crippen LogP contribution in [0.25, 0.3) is 21.7 Å².